The van der Waals surface area contributed by atoms with E-state index < -0.39 is 17.7 Å². The molecule has 0 fully saturated rings. The first kappa shape index (κ1) is 21.9. The topological polar surface area (TPSA) is 66.5 Å². The van der Waals surface area contributed by atoms with Crippen LogP contribution in [0, 0.1) is 0 Å². The Morgan fingerprint density at radius 1 is 0.682 bits per heavy atom. The van der Waals surface area contributed by atoms with Crippen LogP contribution in [0.5, 0.6) is 0 Å². The van der Waals surface area contributed by atoms with Gasteiger partial charge in [0, 0.05) is 0 Å². The van der Waals surface area contributed by atoms with E-state index in [2.05, 4.69) is 6.92 Å². The molecule has 0 aromatic rings. The van der Waals surface area contributed by atoms with Crippen LogP contribution in [-0.4, -0.2) is 28.0 Å². The number of hydrogen-bond donors (Lipinski definition) is 3. The summed E-state index contributed by atoms with van der Waals surface area (Å²) in [5.41, 5.74) is 5.27. The van der Waals surface area contributed by atoms with Crippen molar-refractivity contribution in [1.82, 2.24) is 0 Å². The molecule has 4 N–H and O–H groups in total. The van der Waals surface area contributed by atoms with Gasteiger partial charge in [0.25, 0.3) is 0 Å². The van der Waals surface area contributed by atoms with Crippen LogP contribution in [0.15, 0.2) is 0 Å². The number of unbranched alkanes of at least 4 members (excludes halogenated alkanes) is 11. The minimum absolute atomic E-state index is 0.666. The first-order valence-electron chi connectivity index (χ1n) is 9.60. The van der Waals surface area contributed by atoms with Crippen molar-refractivity contribution in [3.63, 3.8) is 0 Å². The largest absolute Gasteiger partial charge is 0.391 e. The number of aliphatic hydroxyl groups is 2. The summed E-state index contributed by atoms with van der Waals surface area (Å²) in [6, 6.07) is 0. The predicted molar refractivity (Wildman–Crippen MR) is 96.0 cm³/mol. The van der Waals surface area contributed by atoms with Gasteiger partial charge in [-0.05, 0) is 20.3 Å². The highest BCUT2D eigenvalue weighted by Crippen LogP contribution is 2.21. The van der Waals surface area contributed by atoms with Crippen molar-refractivity contribution >= 4 is 0 Å². The maximum absolute atomic E-state index is 9.73. The Hall–Kier alpha value is -0.120. The molecule has 0 bridgehead atoms. The molecule has 0 aliphatic heterocycles. The Kier molecular flexibility index (Phi) is 13.3. The van der Waals surface area contributed by atoms with Crippen molar-refractivity contribution in [2.45, 2.75) is 122 Å². The van der Waals surface area contributed by atoms with Crippen LogP contribution in [0.4, 0.5) is 0 Å². The molecule has 2 atom stereocenters. The van der Waals surface area contributed by atoms with Crippen molar-refractivity contribution in [3.8, 4) is 0 Å². The first-order chi connectivity index (χ1) is 10.4. The van der Waals surface area contributed by atoms with Crippen LogP contribution < -0.4 is 5.73 Å². The van der Waals surface area contributed by atoms with Gasteiger partial charge in [-0.3, -0.25) is 0 Å². The average molecular weight is 316 g/mol. The van der Waals surface area contributed by atoms with Gasteiger partial charge >= 0.3 is 0 Å². The number of aliphatic hydroxyl groups excluding tert-OH is 2. The van der Waals surface area contributed by atoms with E-state index in [1.165, 1.54) is 64.2 Å². The zero-order chi connectivity index (χ0) is 16.8. The molecule has 0 aliphatic carbocycles. The molecule has 0 amide bonds. The number of nitrogens with two attached hydrogens (primary N) is 1. The van der Waals surface area contributed by atoms with Crippen molar-refractivity contribution in [2.75, 3.05) is 0 Å². The summed E-state index contributed by atoms with van der Waals surface area (Å²) < 4.78 is 0. The number of hydrogen-bond acceptors (Lipinski definition) is 3. The van der Waals surface area contributed by atoms with Gasteiger partial charge < -0.3 is 15.9 Å². The molecule has 0 aromatic carbocycles. The molecule has 0 aromatic heterocycles. The smallest absolute Gasteiger partial charge is 0.0716 e. The van der Waals surface area contributed by atoms with E-state index >= 15 is 0 Å². The van der Waals surface area contributed by atoms with Crippen LogP contribution in [-0.2, 0) is 0 Å². The van der Waals surface area contributed by atoms with Crippen LogP contribution in [0.2, 0.25) is 0 Å². The predicted octanol–water partition coefficient (Wildman–Crippen LogP) is 4.54. The summed E-state index contributed by atoms with van der Waals surface area (Å²) in [6.07, 6.45) is 15.1. The second-order valence-electron chi connectivity index (χ2n) is 7.10. The average Bonchev–Trinajstić information content (AvgIpc) is 2.47. The van der Waals surface area contributed by atoms with Gasteiger partial charge in [-0.25, -0.2) is 0 Å². The van der Waals surface area contributed by atoms with E-state index in [-0.39, 0.29) is 0 Å². The van der Waals surface area contributed by atoms with Crippen LogP contribution in [0.3, 0.4) is 0 Å². The molecule has 3 nitrogen and oxygen atoms in total. The van der Waals surface area contributed by atoms with Gasteiger partial charge in [-0.15, -0.1) is 0 Å². The van der Waals surface area contributed by atoms with E-state index in [1.807, 2.05) is 0 Å². The minimum Gasteiger partial charge on any atom is -0.391 e. The van der Waals surface area contributed by atoms with Crippen molar-refractivity contribution in [2.24, 2.45) is 5.73 Å². The highest BCUT2D eigenvalue weighted by atomic mass is 16.3. The second kappa shape index (κ2) is 13.3. The fourth-order valence-corrected chi connectivity index (χ4v) is 3.04. The Balaban J connectivity index is 3.43. The van der Waals surface area contributed by atoms with Gasteiger partial charge in [-0.2, -0.15) is 0 Å². The van der Waals surface area contributed by atoms with Crippen molar-refractivity contribution < 1.29 is 10.2 Å². The zero-order valence-corrected chi connectivity index (χ0v) is 15.3. The van der Waals surface area contributed by atoms with E-state index in [4.69, 9.17) is 5.73 Å². The molecule has 134 valence electrons. The summed E-state index contributed by atoms with van der Waals surface area (Å²) in [6.45, 7) is 5.61. The lowest BCUT2D eigenvalue weighted by molar-refractivity contribution is 0.00127. The van der Waals surface area contributed by atoms with Crippen LogP contribution in [0.25, 0.3) is 0 Å². The fourth-order valence-electron chi connectivity index (χ4n) is 3.04. The third-order valence-corrected chi connectivity index (χ3v) is 5.02. The Morgan fingerprint density at radius 2 is 1.00 bits per heavy atom. The van der Waals surface area contributed by atoms with E-state index in [1.54, 1.807) is 13.8 Å². The lowest BCUT2D eigenvalue weighted by Gasteiger charge is -2.35. The zero-order valence-electron chi connectivity index (χ0n) is 15.3. The highest BCUT2D eigenvalue weighted by Gasteiger charge is 2.35. The summed E-state index contributed by atoms with van der Waals surface area (Å²) in [4.78, 5) is 0. The SMILES string of the molecule is CCCCCCCCCCCCCCC(N)(C(C)O)C(C)O. The van der Waals surface area contributed by atoms with Gasteiger partial charge in [0.05, 0.1) is 17.7 Å². The quantitative estimate of drug-likeness (QED) is 0.389. The summed E-state index contributed by atoms with van der Waals surface area (Å²) in [7, 11) is 0. The number of rotatable bonds is 15. The molecule has 0 aliphatic rings. The Bertz CT molecular complexity index is 234. The summed E-state index contributed by atoms with van der Waals surface area (Å²) >= 11 is 0. The second-order valence-corrected chi connectivity index (χ2v) is 7.10. The standard InChI is InChI=1S/C19H41NO2/c1-4-5-6-7-8-9-10-11-12-13-14-15-16-19(20,17(2)21)18(3)22/h17-18,21-22H,4-16,20H2,1-3H3. The summed E-state index contributed by atoms with van der Waals surface area (Å²) in [5, 5.41) is 19.5. The molecular formula is C19H41NO2. The summed E-state index contributed by atoms with van der Waals surface area (Å²) in [5.74, 6) is 0. The third kappa shape index (κ3) is 9.81. The van der Waals surface area contributed by atoms with Crippen molar-refractivity contribution in [1.29, 1.82) is 0 Å². The molecule has 0 radical (unpaired) electrons. The van der Waals surface area contributed by atoms with Crippen molar-refractivity contribution in [3.05, 3.63) is 0 Å². The molecule has 0 heterocycles. The van der Waals surface area contributed by atoms with E-state index in [0.29, 0.717) is 6.42 Å². The fraction of sp³-hybridized carbons (Fsp3) is 1.00. The maximum atomic E-state index is 9.73. The van der Waals surface area contributed by atoms with Gasteiger partial charge in [-0.1, -0.05) is 84.0 Å². The molecular weight excluding hydrogens is 274 g/mol. The third-order valence-electron chi connectivity index (χ3n) is 5.02. The Labute approximate surface area is 138 Å². The van der Waals surface area contributed by atoms with E-state index in [9.17, 15) is 10.2 Å². The molecule has 0 saturated carbocycles. The maximum Gasteiger partial charge on any atom is 0.0716 e. The van der Waals surface area contributed by atoms with Crippen LogP contribution in [0.1, 0.15) is 104 Å². The molecule has 2 unspecified atom stereocenters. The highest BCUT2D eigenvalue weighted by molar-refractivity contribution is 4.93. The first-order valence-corrected chi connectivity index (χ1v) is 9.60. The molecule has 3 heteroatoms. The van der Waals surface area contributed by atoms with Crippen LogP contribution >= 0.6 is 0 Å². The normalized spacial score (nSPS) is 17.2. The van der Waals surface area contributed by atoms with E-state index in [0.717, 1.165) is 12.8 Å². The molecule has 0 rings (SSSR count). The molecule has 0 saturated heterocycles. The molecule has 22 heavy (non-hydrogen) atoms. The Morgan fingerprint density at radius 3 is 1.32 bits per heavy atom. The van der Waals surface area contributed by atoms with Gasteiger partial charge in [0.2, 0.25) is 0 Å². The minimum atomic E-state index is -0.849. The van der Waals surface area contributed by atoms with Gasteiger partial charge in [0.1, 0.15) is 0 Å². The lowest BCUT2D eigenvalue weighted by atomic mass is 9.83. The van der Waals surface area contributed by atoms with Gasteiger partial charge in [0.15, 0.2) is 0 Å². The monoisotopic (exact) mass is 315 g/mol. The lowest BCUT2D eigenvalue weighted by Crippen LogP contribution is -2.57. The molecule has 0 spiro atoms.